The second kappa shape index (κ2) is 7.89. The summed E-state index contributed by atoms with van der Waals surface area (Å²) in [6, 6.07) is 10.2. The molecule has 0 bridgehead atoms. The summed E-state index contributed by atoms with van der Waals surface area (Å²) in [6.45, 7) is 1.79. The summed E-state index contributed by atoms with van der Waals surface area (Å²) in [5.74, 6) is 1.18. The second-order valence-electron chi connectivity index (χ2n) is 7.26. The number of fused-ring (bicyclic) bond motifs is 1. The first-order valence-electron chi connectivity index (χ1n) is 9.34. The molecule has 4 rings (SSSR count). The molecule has 0 atom stereocenters. The summed E-state index contributed by atoms with van der Waals surface area (Å²) in [4.78, 5) is 29.1. The van der Waals surface area contributed by atoms with Gasteiger partial charge < -0.3 is 20.1 Å². The third-order valence-corrected chi connectivity index (χ3v) is 5.67. The molecular formula is C20H23BrN6O. The van der Waals surface area contributed by atoms with E-state index in [9.17, 15) is 4.79 Å². The van der Waals surface area contributed by atoms with E-state index in [-0.39, 0.29) is 5.56 Å². The Morgan fingerprint density at radius 1 is 1.21 bits per heavy atom. The van der Waals surface area contributed by atoms with Crippen molar-refractivity contribution in [3.05, 3.63) is 51.4 Å². The third-order valence-electron chi connectivity index (χ3n) is 5.17. The Morgan fingerprint density at radius 3 is 2.71 bits per heavy atom. The Morgan fingerprint density at radius 2 is 2.00 bits per heavy atom. The predicted molar refractivity (Wildman–Crippen MR) is 117 cm³/mol. The number of hydrogen-bond donors (Lipinski definition) is 2. The molecular weight excluding hydrogens is 420 g/mol. The number of anilines is 3. The van der Waals surface area contributed by atoms with Gasteiger partial charge in [0.25, 0.3) is 5.56 Å². The van der Waals surface area contributed by atoms with Gasteiger partial charge in [0.1, 0.15) is 11.2 Å². The molecule has 3 heterocycles. The SMILES string of the molecule is CN(C)C1CCN(c2nc(Nc3cccc(Br)c3)c3c(=O)[nH]ccc3n2)CC1. The van der Waals surface area contributed by atoms with Crippen molar-refractivity contribution in [2.45, 2.75) is 18.9 Å². The zero-order chi connectivity index (χ0) is 19.7. The normalized spacial score (nSPS) is 15.4. The summed E-state index contributed by atoms with van der Waals surface area (Å²) < 4.78 is 0.954. The summed E-state index contributed by atoms with van der Waals surface area (Å²) >= 11 is 3.48. The highest BCUT2D eigenvalue weighted by Gasteiger charge is 2.23. The summed E-state index contributed by atoms with van der Waals surface area (Å²) in [6.07, 6.45) is 3.76. The number of halogens is 1. The van der Waals surface area contributed by atoms with Crippen LogP contribution in [0.1, 0.15) is 12.8 Å². The molecule has 146 valence electrons. The monoisotopic (exact) mass is 442 g/mol. The van der Waals surface area contributed by atoms with Crippen molar-refractivity contribution in [1.29, 1.82) is 0 Å². The third kappa shape index (κ3) is 3.88. The Bertz CT molecular complexity index is 1040. The van der Waals surface area contributed by atoms with Crippen molar-refractivity contribution in [3.63, 3.8) is 0 Å². The lowest BCUT2D eigenvalue weighted by atomic mass is 10.0. The highest BCUT2D eigenvalue weighted by Crippen LogP contribution is 2.27. The smallest absolute Gasteiger partial charge is 0.261 e. The number of aromatic nitrogens is 3. The molecule has 0 amide bonds. The molecule has 0 radical (unpaired) electrons. The van der Waals surface area contributed by atoms with E-state index in [1.807, 2.05) is 30.3 Å². The number of nitrogens with one attached hydrogen (secondary N) is 2. The Kier molecular flexibility index (Phi) is 5.32. The fourth-order valence-electron chi connectivity index (χ4n) is 3.60. The molecule has 0 unspecified atom stereocenters. The van der Waals surface area contributed by atoms with Crippen LogP contribution in [0.4, 0.5) is 17.5 Å². The number of pyridine rings is 1. The van der Waals surface area contributed by atoms with Crippen LogP contribution in [-0.4, -0.2) is 53.1 Å². The topological polar surface area (TPSA) is 77.1 Å². The first-order chi connectivity index (χ1) is 13.5. The second-order valence-corrected chi connectivity index (χ2v) is 8.17. The summed E-state index contributed by atoms with van der Waals surface area (Å²) in [7, 11) is 4.25. The first kappa shape index (κ1) is 18.9. The van der Waals surface area contributed by atoms with Crippen LogP contribution in [0.3, 0.4) is 0 Å². The van der Waals surface area contributed by atoms with Crippen LogP contribution in [0.5, 0.6) is 0 Å². The fourth-order valence-corrected chi connectivity index (χ4v) is 4.00. The summed E-state index contributed by atoms with van der Waals surface area (Å²) in [5.41, 5.74) is 1.30. The highest BCUT2D eigenvalue weighted by molar-refractivity contribution is 9.10. The Labute approximate surface area is 171 Å². The van der Waals surface area contributed by atoms with E-state index in [1.165, 1.54) is 0 Å². The van der Waals surface area contributed by atoms with Crippen LogP contribution in [0.15, 0.2) is 45.8 Å². The van der Waals surface area contributed by atoms with E-state index in [4.69, 9.17) is 4.98 Å². The number of nitrogens with zero attached hydrogens (tertiary/aromatic N) is 4. The van der Waals surface area contributed by atoms with Gasteiger partial charge in [0, 0.05) is 35.5 Å². The highest BCUT2D eigenvalue weighted by atomic mass is 79.9. The average molecular weight is 443 g/mol. The number of aromatic amines is 1. The minimum absolute atomic E-state index is 0.201. The molecule has 7 nitrogen and oxygen atoms in total. The minimum atomic E-state index is -0.201. The zero-order valence-corrected chi connectivity index (χ0v) is 17.5. The zero-order valence-electron chi connectivity index (χ0n) is 15.9. The molecule has 2 N–H and O–H groups in total. The lowest BCUT2D eigenvalue weighted by Crippen LogP contribution is -2.42. The van der Waals surface area contributed by atoms with E-state index < -0.39 is 0 Å². The molecule has 1 aliphatic rings. The van der Waals surface area contributed by atoms with Gasteiger partial charge in [-0.15, -0.1) is 0 Å². The molecule has 2 aromatic heterocycles. The molecule has 3 aromatic rings. The fraction of sp³-hybridized carbons (Fsp3) is 0.350. The average Bonchev–Trinajstić information content (AvgIpc) is 2.68. The van der Waals surface area contributed by atoms with Gasteiger partial charge in [-0.3, -0.25) is 4.79 Å². The van der Waals surface area contributed by atoms with Crippen molar-refractivity contribution in [2.24, 2.45) is 0 Å². The summed E-state index contributed by atoms with van der Waals surface area (Å²) in [5, 5.41) is 3.77. The molecule has 1 fully saturated rings. The van der Waals surface area contributed by atoms with E-state index in [0.29, 0.717) is 28.7 Å². The minimum Gasteiger partial charge on any atom is -0.341 e. The van der Waals surface area contributed by atoms with Gasteiger partial charge in [0.05, 0.1) is 5.52 Å². The maximum absolute atomic E-state index is 12.5. The molecule has 1 aromatic carbocycles. The number of H-pyrrole nitrogens is 1. The van der Waals surface area contributed by atoms with Crippen molar-refractivity contribution in [3.8, 4) is 0 Å². The predicted octanol–water partition coefficient (Wildman–Crippen LogP) is 3.35. The molecule has 1 saturated heterocycles. The van der Waals surface area contributed by atoms with Gasteiger partial charge in [0.2, 0.25) is 5.95 Å². The molecule has 28 heavy (non-hydrogen) atoms. The lowest BCUT2D eigenvalue weighted by molar-refractivity contribution is 0.249. The van der Waals surface area contributed by atoms with E-state index in [2.05, 4.69) is 55.1 Å². The maximum atomic E-state index is 12.5. The van der Waals surface area contributed by atoms with Gasteiger partial charge in [-0.05, 0) is 51.2 Å². The van der Waals surface area contributed by atoms with E-state index >= 15 is 0 Å². The van der Waals surface area contributed by atoms with Gasteiger partial charge in [0.15, 0.2) is 0 Å². The van der Waals surface area contributed by atoms with Crippen LogP contribution in [0, 0.1) is 0 Å². The largest absolute Gasteiger partial charge is 0.341 e. The molecule has 8 heteroatoms. The first-order valence-corrected chi connectivity index (χ1v) is 10.1. The molecule has 1 aliphatic heterocycles. The van der Waals surface area contributed by atoms with E-state index in [1.54, 1.807) is 6.20 Å². The van der Waals surface area contributed by atoms with Crippen molar-refractivity contribution in [2.75, 3.05) is 37.4 Å². The number of hydrogen-bond acceptors (Lipinski definition) is 6. The number of piperidine rings is 1. The van der Waals surface area contributed by atoms with Crippen LogP contribution in [0.25, 0.3) is 10.9 Å². The van der Waals surface area contributed by atoms with Gasteiger partial charge in [-0.2, -0.15) is 4.98 Å². The van der Waals surface area contributed by atoms with Gasteiger partial charge in [-0.25, -0.2) is 4.98 Å². The van der Waals surface area contributed by atoms with Crippen LogP contribution >= 0.6 is 15.9 Å². The molecule has 0 spiro atoms. The standard InChI is InChI=1S/C20H23BrN6O/c1-26(2)15-7-10-27(11-8-15)20-24-16-6-9-22-19(28)17(16)18(25-20)23-14-5-3-4-13(21)12-14/h3-6,9,12,15H,7-8,10-11H2,1-2H3,(H,22,28)(H,23,24,25). The van der Waals surface area contributed by atoms with Gasteiger partial charge in [-0.1, -0.05) is 22.0 Å². The van der Waals surface area contributed by atoms with Crippen molar-refractivity contribution >= 4 is 44.3 Å². The quantitative estimate of drug-likeness (QED) is 0.644. The Hall–Kier alpha value is -2.45. The van der Waals surface area contributed by atoms with Gasteiger partial charge >= 0.3 is 0 Å². The van der Waals surface area contributed by atoms with E-state index in [0.717, 1.165) is 36.1 Å². The van der Waals surface area contributed by atoms with Crippen molar-refractivity contribution < 1.29 is 0 Å². The maximum Gasteiger partial charge on any atom is 0.261 e. The Balaban J connectivity index is 1.72. The molecule has 0 saturated carbocycles. The van der Waals surface area contributed by atoms with Crippen LogP contribution in [-0.2, 0) is 0 Å². The van der Waals surface area contributed by atoms with Crippen LogP contribution in [0.2, 0.25) is 0 Å². The van der Waals surface area contributed by atoms with Crippen molar-refractivity contribution in [1.82, 2.24) is 19.9 Å². The lowest BCUT2D eigenvalue weighted by Gasteiger charge is -2.35. The number of benzene rings is 1. The van der Waals surface area contributed by atoms with Crippen LogP contribution < -0.4 is 15.8 Å². The molecule has 0 aliphatic carbocycles. The number of rotatable bonds is 4.